The van der Waals surface area contributed by atoms with Crippen molar-refractivity contribution >= 4 is 188 Å². The van der Waals surface area contributed by atoms with E-state index >= 15 is 0 Å². The Morgan fingerprint density at radius 3 is 1.04 bits per heavy atom. The molecular weight excluding hydrogens is 665 g/mol. The summed E-state index contributed by atoms with van der Waals surface area (Å²) in [5.41, 5.74) is 11.5. The van der Waals surface area contributed by atoms with E-state index in [0.29, 0.717) is 11.1 Å². The Kier molecular flexibility index (Phi) is 8.10. The lowest BCUT2D eigenvalue weighted by molar-refractivity contribution is 1.00. The van der Waals surface area contributed by atoms with Gasteiger partial charge in [-0.05, 0) is 81.3 Å². The molecule has 0 fully saturated rings. The Morgan fingerprint density at radius 1 is 0.339 bits per heavy atom. The van der Waals surface area contributed by atoms with Crippen molar-refractivity contribution in [2.45, 2.75) is 12.8 Å². The first kappa shape index (κ1) is 35.5. The second-order valence-electron chi connectivity index (χ2n) is 14.9. The number of nitrogens with zero attached hydrogens (tertiary/aromatic N) is 2. The number of fused-ring (bicyclic) bond motifs is 2. The quantitative estimate of drug-likeness (QED) is 0.178. The summed E-state index contributed by atoms with van der Waals surface area (Å²) in [7, 11) is 66.1. The molecule has 20 radical (unpaired) electrons. The van der Waals surface area contributed by atoms with Crippen molar-refractivity contribution in [1.29, 1.82) is 0 Å². The van der Waals surface area contributed by atoms with Crippen LogP contribution in [0.4, 0.5) is 22.7 Å². The smallest absolute Gasteiger partial charge is 0.113 e. The summed E-state index contributed by atoms with van der Waals surface area (Å²) in [5.74, 6) is 0. The zero-order chi connectivity index (χ0) is 38.9. The lowest BCUT2D eigenvalue weighted by Gasteiger charge is -2.30. The van der Waals surface area contributed by atoms with Gasteiger partial charge in [0.05, 0.1) is 0 Å². The summed E-state index contributed by atoms with van der Waals surface area (Å²) in [6.07, 6.45) is 1.78. The monoisotopic (exact) mass is 688 g/mol. The Labute approximate surface area is 340 Å². The van der Waals surface area contributed by atoms with Gasteiger partial charge in [0.1, 0.15) is 78.5 Å². The van der Waals surface area contributed by atoms with Gasteiger partial charge in [-0.15, -0.1) is 32.8 Å². The predicted molar refractivity (Wildman–Crippen MR) is 249 cm³/mol. The molecule has 2 heterocycles. The molecule has 0 bridgehead atoms. The van der Waals surface area contributed by atoms with Crippen molar-refractivity contribution < 1.29 is 0 Å². The third kappa shape index (κ3) is 4.83. The topological polar surface area (TPSA) is 6.48 Å². The van der Waals surface area contributed by atoms with Crippen molar-refractivity contribution in [3.05, 3.63) is 96.1 Å². The predicted octanol–water partition coefficient (Wildman–Crippen LogP) is -0.756. The van der Waals surface area contributed by atoms with Gasteiger partial charge < -0.3 is 9.80 Å². The number of anilines is 4. The average Bonchev–Trinajstić information content (AvgIpc) is 3.85. The lowest BCUT2D eigenvalue weighted by Crippen LogP contribution is -2.55. The largest absolute Gasteiger partial charge is 0.340 e. The zero-order valence-corrected chi connectivity index (χ0v) is 30.6. The van der Waals surface area contributed by atoms with Crippen LogP contribution in [0.5, 0.6) is 0 Å². The maximum absolute atomic E-state index is 6.84. The van der Waals surface area contributed by atoms with Gasteiger partial charge in [-0.3, -0.25) is 0 Å². The summed E-state index contributed by atoms with van der Waals surface area (Å²) >= 11 is 0. The van der Waals surface area contributed by atoms with Gasteiger partial charge in [0.15, 0.2) is 0 Å². The molecule has 0 N–H and O–H groups in total. The molecular formula is C44H22B10N2. The van der Waals surface area contributed by atoms with E-state index in [1.54, 1.807) is 0 Å². The molecule has 238 valence electrons. The van der Waals surface area contributed by atoms with Crippen molar-refractivity contribution in [3.8, 4) is 22.3 Å². The summed E-state index contributed by atoms with van der Waals surface area (Å²) < 4.78 is 0. The SMILES string of the molecule is [B]c1c([B])c([B])c(-c2cc(N3CCc4ccccc43)c3ccc4c(-c5c([B])c([B])c([B])c([B])c5[B])cc(N5CCc6ccccc65)c5ccc2c3c45)c([B])c1[B]. The van der Waals surface area contributed by atoms with Gasteiger partial charge in [-0.25, -0.2) is 0 Å². The highest BCUT2D eigenvalue weighted by atomic mass is 15.2. The second-order valence-corrected chi connectivity index (χ2v) is 14.9. The fourth-order valence-corrected chi connectivity index (χ4v) is 9.27. The molecule has 2 nitrogen and oxygen atoms in total. The Morgan fingerprint density at radius 2 is 0.661 bits per heavy atom. The highest BCUT2D eigenvalue weighted by Crippen LogP contribution is 2.50. The normalized spacial score (nSPS) is 13.7. The molecule has 0 saturated carbocycles. The molecule has 0 aromatic heterocycles. The van der Waals surface area contributed by atoms with Crippen LogP contribution < -0.4 is 64.4 Å². The van der Waals surface area contributed by atoms with Crippen molar-refractivity contribution in [1.82, 2.24) is 0 Å². The molecule has 8 aromatic rings. The number of para-hydroxylation sites is 2. The highest BCUT2D eigenvalue weighted by molar-refractivity contribution is 6.70. The fraction of sp³-hybridized carbons (Fsp3) is 0.0909. The van der Waals surface area contributed by atoms with Crippen LogP contribution in [0.1, 0.15) is 11.1 Å². The molecule has 56 heavy (non-hydrogen) atoms. The van der Waals surface area contributed by atoms with Crippen LogP contribution in [0.3, 0.4) is 0 Å². The molecule has 8 aromatic carbocycles. The summed E-state index contributed by atoms with van der Waals surface area (Å²) in [5, 5.41) is 5.86. The second kappa shape index (κ2) is 12.8. The summed E-state index contributed by atoms with van der Waals surface area (Å²) in [6, 6.07) is 29.8. The molecule has 2 aliphatic rings. The molecule has 0 amide bonds. The summed E-state index contributed by atoms with van der Waals surface area (Å²) in [6.45, 7) is 1.55. The van der Waals surface area contributed by atoms with Crippen LogP contribution in [0.2, 0.25) is 0 Å². The van der Waals surface area contributed by atoms with E-state index in [0.717, 1.165) is 92.1 Å². The lowest BCUT2D eigenvalue weighted by atomic mass is 9.59. The van der Waals surface area contributed by atoms with E-state index in [2.05, 4.69) is 94.7 Å². The molecule has 0 saturated heterocycles. The van der Waals surface area contributed by atoms with Crippen LogP contribution >= 0.6 is 0 Å². The van der Waals surface area contributed by atoms with Crippen molar-refractivity contribution in [2.75, 3.05) is 22.9 Å². The van der Waals surface area contributed by atoms with Crippen molar-refractivity contribution in [3.63, 3.8) is 0 Å². The Hall–Kier alpha value is -4.95. The number of benzene rings is 8. The molecule has 12 heteroatoms. The molecule has 2 aliphatic heterocycles. The van der Waals surface area contributed by atoms with Gasteiger partial charge in [0, 0.05) is 57.4 Å². The van der Waals surface area contributed by atoms with Crippen LogP contribution in [0, 0.1) is 0 Å². The molecule has 0 spiro atoms. The first-order valence-corrected chi connectivity index (χ1v) is 18.5. The van der Waals surface area contributed by atoms with E-state index in [4.69, 9.17) is 78.5 Å². The van der Waals surface area contributed by atoms with E-state index in [9.17, 15) is 0 Å². The Bertz CT molecular complexity index is 2750. The third-order valence-electron chi connectivity index (χ3n) is 12.1. The van der Waals surface area contributed by atoms with E-state index in [1.165, 1.54) is 11.1 Å². The molecule has 0 atom stereocenters. The van der Waals surface area contributed by atoms with Crippen LogP contribution in [0.25, 0.3) is 54.6 Å². The minimum atomic E-state index is 0.160. The average molecular weight is 687 g/mol. The van der Waals surface area contributed by atoms with Gasteiger partial charge in [0.25, 0.3) is 0 Å². The standard InChI is InChI=1S/C44H22B10N2/c45-35-33(36(46)40(50)43(53)39(35)49)25-17-29(55-15-13-19-5-1-3-7-27(19)55)23-11-9-22-26(34-37(47)41(51)44(54)42(52)38(34)48)18-30(24-12-10-21(25)31(23)32(22)24)56-16-14-20-6-2-4-8-28(20)56/h1-12,17-18H,13-16H2. The first-order valence-electron chi connectivity index (χ1n) is 18.5. The maximum Gasteiger partial charge on any atom is 0.113 e. The van der Waals surface area contributed by atoms with Gasteiger partial charge in [-0.1, -0.05) is 82.5 Å². The minimum absolute atomic E-state index is 0.160. The first-order chi connectivity index (χ1) is 27.0. The highest BCUT2D eigenvalue weighted by Gasteiger charge is 2.29. The Balaban J connectivity index is 1.41. The number of hydrogen-bond acceptors (Lipinski definition) is 2. The maximum atomic E-state index is 6.84. The van der Waals surface area contributed by atoms with E-state index in [1.807, 2.05) is 0 Å². The summed E-state index contributed by atoms with van der Waals surface area (Å²) in [4.78, 5) is 4.72. The van der Waals surface area contributed by atoms with Gasteiger partial charge in [-0.2, -0.15) is 0 Å². The van der Waals surface area contributed by atoms with Gasteiger partial charge >= 0.3 is 0 Å². The molecule has 0 unspecified atom stereocenters. The number of rotatable bonds is 4. The molecule has 0 aliphatic carbocycles. The van der Waals surface area contributed by atoms with E-state index < -0.39 is 0 Å². The molecule has 10 rings (SSSR count). The number of hydrogen-bond donors (Lipinski definition) is 0. The van der Waals surface area contributed by atoms with Crippen molar-refractivity contribution in [2.24, 2.45) is 0 Å². The van der Waals surface area contributed by atoms with Crippen LogP contribution in [-0.4, -0.2) is 91.6 Å². The van der Waals surface area contributed by atoms with E-state index in [-0.39, 0.29) is 54.6 Å². The van der Waals surface area contributed by atoms with Gasteiger partial charge in [0.2, 0.25) is 0 Å². The minimum Gasteiger partial charge on any atom is -0.340 e. The zero-order valence-electron chi connectivity index (χ0n) is 30.6. The van der Waals surface area contributed by atoms with Crippen LogP contribution in [0.15, 0.2) is 84.9 Å². The third-order valence-corrected chi connectivity index (χ3v) is 12.1. The fourth-order valence-electron chi connectivity index (χ4n) is 9.27. The van der Waals surface area contributed by atoms with Crippen LogP contribution in [-0.2, 0) is 12.8 Å².